The van der Waals surface area contributed by atoms with Crippen LogP contribution >= 0.6 is 11.6 Å². The van der Waals surface area contributed by atoms with E-state index in [4.69, 9.17) is 16.3 Å². The van der Waals surface area contributed by atoms with Gasteiger partial charge in [-0.25, -0.2) is 4.98 Å². The third kappa shape index (κ3) is 3.48. The van der Waals surface area contributed by atoms with Gasteiger partial charge in [0.1, 0.15) is 17.7 Å². The third-order valence-corrected chi connectivity index (χ3v) is 6.03. The third-order valence-electron chi connectivity index (χ3n) is 5.82. The number of fused-ring (bicyclic) bond motifs is 2. The minimum Gasteiger partial charge on any atom is -0.473 e. The number of amides is 2. The van der Waals surface area contributed by atoms with Crippen molar-refractivity contribution < 1.29 is 14.3 Å². The van der Waals surface area contributed by atoms with Crippen LogP contribution in [0.15, 0.2) is 30.5 Å². The molecule has 0 atom stereocenters. The van der Waals surface area contributed by atoms with Crippen molar-refractivity contribution in [2.45, 2.75) is 44.1 Å². The van der Waals surface area contributed by atoms with Crippen molar-refractivity contribution in [1.29, 1.82) is 5.26 Å². The van der Waals surface area contributed by atoms with Crippen molar-refractivity contribution in [3.8, 4) is 11.9 Å². The van der Waals surface area contributed by atoms with Crippen LogP contribution in [0.4, 0.5) is 5.69 Å². The highest BCUT2D eigenvalue weighted by molar-refractivity contribution is 6.30. The van der Waals surface area contributed by atoms with Gasteiger partial charge in [-0.3, -0.25) is 9.59 Å². The number of anilines is 1. The van der Waals surface area contributed by atoms with Crippen LogP contribution in [-0.2, 0) is 10.2 Å². The Bertz CT molecular complexity index is 1050. The van der Waals surface area contributed by atoms with Gasteiger partial charge >= 0.3 is 0 Å². The molecule has 1 spiro atoms. The quantitative estimate of drug-likeness (QED) is 0.780. The number of ether oxygens (including phenoxy) is 1. The Morgan fingerprint density at radius 3 is 2.87 bits per heavy atom. The summed E-state index contributed by atoms with van der Waals surface area (Å²) >= 11 is 5.90. The Morgan fingerprint density at radius 2 is 2.17 bits per heavy atom. The predicted molar refractivity (Wildman–Crippen MR) is 112 cm³/mol. The second-order valence-corrected chi connectivity index (χ2v) is 8.03. The number of hydrogen-bond acceptors (Lipinski definition) is 5. The summed E-state index contributed by atoms with van der Waals surface area (Å²) in [4.78, 5) is 29.3. The lowest BCUT2D eigenvalue weighted by Gasteiger charge is -2.35. The van der Waals surface area contributed by atoms with E-state index in [0.29, 0.717) is 48.4 Å². The maximum Gasteiger partial charge on any atom is 0.251 e. The van der Waals surface area contributed by atoms with Crippen LogP contribution < -0.4 is 15.4 Å². The molecular formula is C22H21ClN4O3. The maximum atomic E-state index is 12.9. The summed E-state index contributed by atoms with van der Waals surface area (Å²) in [5.74, 6) is 0.0774. The van der Waals surface area contributed by atoms with Gasteiger partial charge in [0.15, 0.2) is 0 Å². The molecule has 0 radical (unpaired) electrons. The molecule has 0 unspecified atom stereocenters. The SMILES string of the molecule is CCNC(=O)c1ccc2c(c1)C1(CCC(Oc3ncc(Cl)cc3C#N)CC1)C(=O)N2. The fourth-order valence-corrected chi connectivity index (χ4v) is 4.43. The zero-order valence-corrected chi connectivity index (χ0v) is 17.3. The fourth-order valence-electron chi connectivity index (χ4n) is 4.27. The number of rotatable bonds is 4. The number of pyridine rings is 1. The van der Waals surface area contributed by atoms with Crippen LogP contribution in [0.25, 0.3) is 0 Å². The number of nitriles is 1. The van der Waals surface area contributed by atoms with E-state index in [0.717, 1.165) is 11.3 Å². The monoisotopic (exact) mass is 424 g/mol. The van der Waals surface area contributed by atoms with Crippen LogP contribution in [0, 0.1) is 11.3 Å². The lowest BCUT2D eigenvalue weighted by molar-refractivity contribution is -0.122. The number of nitrogens with one attached hydrogen (secondary N) is 2. The van der Waals surface area contributed by atoms with Gasteiger partial charge in [-0.2, -0.15) is 5.26 Å². The summed E-state index contributed by atoms with van der Waals surface area (Å²) in [6, 6.07) is 8.93. The molecule has 2 N–H and O–H groups in total. The van der Waals surface area contributed by atoms with E-state index in [2.05, 4.69) is 15.6 Å². The zero-order chi connectivity index (χ0) is 21.3. The van der Waals surface area contributed by atoms with Gasteiger partial charge in [0.2, 0.25) is 11.8 Å². The summed E-state index contributed by atoms with van der Waals surface area (Å²) in [6.07, 6.45) is 3.74. The normalized spacial score (nSPS) is 22.2. The second-order valence-electron chi connectivity index (χ2n) is 7.59. The zero-order valence-electron chi connectivity index (χ0n) is 16.5. The average molecular weight is 425 g/mol. The largest absolute Gasteiger partial charge is 0.473 e. The minimum absolute atomic E-state index is 0.0358. The van der Waals surface area contributed by atoms with Gasteiger partial charge in [0.05, 0.1) is 10.4 Å². The van der Waals surface area contributed by atoms with Gasteiger partial charge in [-0.05, 0) is 62.4 Å². The Morgan fingerprint density at radius 1 is 1.40 bits per heavy atom. The molecule has 2 amide bonds. The van der Waals surface area contributed by atoms with Gasteiger partial charge in [0, 0.05) is 24.0 Å². The first-order valence-corrected chi connectivity index (χ1v) is 10.3. The van der Waals surface area contributed by atoms with Crippen molar-refractivity contribution in [3.05, 3.63) is 52.2 Å². The maximum absolute atomic E-state index is 12.9. The van der Waals surface area contributed by atoms with Crippen LogP contribution in [-0.4, -0.2) is 29.4 Å². The predicted octanol–water partition coefficient (Wildman–Crippen LogP) is 3.57. The van der Waals surface area contributed by atoms with Crippen molar-refractivity contribution in [3.63, 3.8) is 0 Å². The molecule has 0 saturated heterocycles. The number of halogens is 1. The highest BCUT2D eigenvalue weighted by Gasteiger charge is 2.49. The molecular weight excluding hydrogens is 404 g/mol. The van der Waals surface area contributed by atoms with Crippen LogP contribution in [0.5, 0.6) is 5.88 Å². The Labute approximate surface area is 179 Å². The number of carbonyl (C=O) groups is 2. The van der Waals surface area contributed by atoms with Crippen molar-refractivity contribution in [1.82, 2.24) is 10.3 Å². The van der Waals surface area contributed by atoms with E-state index in [9.17, 15) is 14.9 Å². The van der Waals surface area contributed by atoms with E-state index >= 15 is 0 Å². The van der Waals surface area contributed by atoms with E-state index < -0.39 is 5.41 Å². The summed E-state index contributed by atoms with van der Waals surface area (Å²) in [5, 5.41) is 15.4. The first-order valence-electron chi connectivity index (χ1n) is 9.93. The smallest absolute Gasteiger partial charge is 0.251 e. The number of nitrogens with zero attached hydrogens (tertiary/aromatic N) is 2. The molecule has 30 heavy (non-hydrogen) atoms. The molecule has 1 aromatic carbocycles. The van der Waals surface area contributed by atoms with E-state index in [1.165, 1.54) is 12.3 Å². The molecule has 0 bridgehead atoms. The standard InChI is InChI=1S/C22H21ClN4O3/c1-2-25-19(28)13-3-4-18-17(10-13)22(21(29)27-18)7-5-16(6-8-22)30-20-14(11-24)9-15(23)12-26-20/h3-4,9-10,12,16H,2,5-8H2,1H3,(H,25,28)(H,27,29). The topological polar surface area (TPSA) is 104 Å². The first-order chi connectivity index (χ1) is 14.5. The molecule has 7 nitrogen and oxygen atoms in total. The van der Waals surface area contributed by atoms with Crippen LogP contribution in [0.1, 0.15) is 54.1 Å². The number of hydrogen-bond donors (Lipinski definition) is 2. The number of carbonyl (C=O) groups excluding carboxylic acids is 2. The highest BCUT2D eigenvalue weighted by atomic mass is 35.5. The molecule has 154 valence electrons. The van der Waals surface area contributed by atoms with E-state index in [1.54, 1.807) is 12.1 Å². The molecule has 1 aliphatic heterocycles. The molecule has 4 rings (SSSR count). The highest BCUT2D eigenvalue weighted by Crippen LogP contribution is 2.48. The van der Waals surface area contributed by atoms with Crippen molar-refractivity contribution >= 4 is 29.1 Å². The van der Waals surface area contributed by atoms with Crippen LogP contribution in [0.3, 0.4) is 0 Å². The van der Waals surface area contributed by atoms with Crippen molar-refractivity contribution in [2.75, 3.05) is 11.9 Å². The van der Waals surface area contributed by atoms with Gasteiger partial charge in [-0.1, -0.05) is 11.6 Å². The van der Waals surface area contributed by atoms with E-state index in [1.807, 2.05) is 19.1 Å². The summed E-state index contributed by atoms with van der Waals surface area (Å²) in [5.41, 5.74) is 1.81. The molecule has 8 heteroatoms. The molecule has 2 heterocycles. The molecule has 1 fully saturated rings. The summed E-state index contributed by atoms with van der Waals surface area (Å²) in [6.45, 7) is 2.41. The summed E-state index contributed by atoms with van der Waals surface area (Å²) in [7, 11) is 0. The first kappa shape index (κ1) is 20.2. The molecule has 1 aromatic heterocycles. The lowest BCUT2D eigenvalue weighted by Crippen LogP contribution is -2.41. The lowest BCUT2D eigenvalue weighted by atomic mass is 9.69. The Kier molecular flexibility index (Phi) is 5.35. The fraction of sp³-hybridized carbons (Fsp3) is 0.364. The van der Waals surface area contributed by atoms with Crippen LogP contribution in [0.2, 0.25) is 5.02 Å². The average Bonchev–Trinajstić information content (AvgIpc) is 3.01. The Balaban J connectivity index is 1.53. The number of benzene rings is 1. The Hall–Kier alpha value is -3.11. The second kappa shape index (κ2) is 7.96. The summed E-state index contributed by atoms with van der Waals surface area (Å²) < 4.78 is 5.96. The number of aromatic nitrogens is 1. The molecule has 1 aliphatic carbocycles. The van der Waals surface area contributed by atoms with Gasteiger partial charge in [0.25, 0.3) is 5.91 Å². The van der Waals surface area contributed by atoms with Gasteiger partial charge < -0.3 is 15.4 Å². The van der Waals surface area contributed by atoms with E-state index in [-0.39, 0.29) is 23.8 Å². The molecule has 2 aromatic rings. The molecule has 2 aliphatic rings. The molecule has 1 saturated carbocycles. The van der Waals surface area contributed by atoms with Gasteiger partial charge in [-0.15, -0.1) is 0 Å². The minimum atomic E-state index is -0.664. The van der Waals surface area contributed by atoms with Crippen molar-refractivity contribution in [2.24, 2.45) is 0 Å².